The number of benzene rings is 3. The van der Waals surface area contributed by atoms with E-state index in [0.29, 0.717) is 10.5 Å². The van der Waals surface area contributed by atoms with E-state index < -0.39 is 16.8 Å². The summed E-state index contributed by atoms with van der Waals surface area (Å²) in [6.45, 7) is 0. The number of aryl methyl sites for hydroxylation is 1. The Kier molecular flexibility index (Phi) is 5.27. The van der Waals surface area contributed by atoms with E-state index in [1.54, 1.807) is 30.5 Å². The normalized spacial score (nSPS) is 13.2. The molecule has 4 aromatic rings. The Morgan fingerprint density at radius 2 is 1.62 bits per heavy atom. The summed E-state index contributed by atoms with van der Waals surface area (Å²) in [5, 5.41) is 3.12. The quantitative estimate of drug-likeness (QED) is 0.551. The van der Waals surface area contributed by atoms with Crippen LogP contribution in [0, 0.1) is 0 Å². The third-order valence-corrected chi connectivity index (χ3v) is 5.87. The van der Waals surface area contributed by atoms with Crippen molar-refractivity contribution in [3.63, 3.8) is 0 Å². The number of hydrogen-bond acceptors (Lipinski definition) is 3. The molecule has 1 aromatic heterocycles. The van der Waals surface area contributed by atoms with E-state index >= 15 is 0 Å². The lowest BCUT2D eigenvalue weighted by atomic mass is 10.1. The fraction of sp³-hybridized carbons (Fsp3) is 0.130. The van der Waals surface area contributed by atoms with Crippen molar-refractivity contribution in [2.24, 2.45) is 7.05 Å². The molecule has 146 valence electrons. The highest BCUT2D eigenvalue weighted by Gasteiger charge is 2.23. The number of nitrogens with one attached hydrogen (secondary N) is 1. The first-order chi connectivity index (χ1) is 14.0. The molecule has 0 spiro atoms. The van der Waals surface area contributed by atoms with Gasteiger partial charge in [0, 0.05) is 34.6 Å². The van der Waals surface area contributed by atoms with Crippen molar-refractivity contribution < 1.29 is 9.00 Å². The lowest BCUT2D eigenvalue weighted by molar-refractivity contribution is 0.0941. The van der Waals surface area contributed by atoms with Crippen LogP contribution in [0.5, 0.6) is 0 Å². The van der Waals surface area contributed by atoms with Crippen molar-refractivity contribution in [3.8, 4) is 0 Å². The molecule has 6 heteroatoms. The number of aromatic nitrogens is 2. The van der Waals surface area contributed by atoms with Crippen molar-refractivity contribution in [1.29, 1.82) is 0 Å². The molecule has 0 radical (unpaired) electrons. The third kappa shape index (κ3) is 3.84. The highest BCUT2D eigenvalue weighted by atomic mass is 32.2. The lowest BCUT2D eigenvalue weighted by Gasteiger charge is -2.19. The molecule has 1 amide bonds. The molecule has 0 bridgehead atoms. The Morgan fingerprint density at radius 3 is 2.28 bits per heavy atom. The van der Waals surface area contributed by atoms with Gasteiger partial charge in [0.1, 0.15) is 11.9 Å². The number of carbonyl (C=O) groups excluding carboxylic acids is 1. The Hall–Kier alpha value is -3.25. The van der Waals surface area contributed by atoms with Gasteiger partial charge in [-0.25, -0.2) is 4.98 Å². The van der Waals surface area contributed by atoms with Crippen molar-refractivity contribution >= 4 is 27.7 Å². The molecule has 1 heterocycles. The summed E-state index contributed by atoms with van der Waals surface area (Å²) in [6, 6.07) is 24.1. The van der Waals surface area contributed by atoms with Gasteiger partial charge in [-0.05, 0) is 42.0 Å². The van der Waals surface area contributed by atoms with E-state index in [1.165, 1.54) is 0 Å². The van der Waals surface area contributed by atoms with E-state index in [0.717, 1.165) is 22.4 Å². The number of carbonyl (C=O) groups is 1. The fourth-order valence-electron chi connectivity index (χ4n) is 3.38. The summed E-state index contributed by atoms with van der Waals surface area (Å²) in [5.74, 6) is 0.552. The summed E-state index contributed by atoms with van der Waals surface area (Å²) in [4.78, 5) is 18.5. The molecule has 0 fully saturated rings. The predicted molar refractivity (Wildman–Crippen MR) is 115 cm³/mol. The van der Waals surface area contributed by atoms with Gasteiger partial charge in [0.05, 0.1) is 11.0 Å². The van der Waals surface area contributed by atoms with Gasteiger partial charge in [-0.1, -0.05) is 42.5 Å². The standard InChI is InChI=1S/C23H21N3O2S/c1-26-20-11-7-6-10-19(20)24-22(26)21(16-8-4-3-5-9-16)25-23(27)17-12-14-18(15-13-17)29(2)28/h3-15,21H,1-2H3,(H,25,27). The SMILES string of the molecule is Cn1c(C(NC(=O)c2ccc(S(C)=O)cc2)c2ccccc2)nc2ccccc21. The van der Waals surface area contributed by atoms with Crippen molar-refractivity contribution in [3.05, 3.63) is 95.8 Å². The van der Waals surface area contributed by atoms with Crippen LogP contribution in [0.4, 0.5) is 0 Å². The highest BCUT2D eigenvalue weighted by Crippen LogP contribution is 2.25. The van der Waals surface area contributed by atoms with Crippen LogP contribution in [0.3, 0.4) is 0 Å². The minimum Gasteiger partial charge on any atom is -0.338 e. The second-order valence-corrected chi connectivity index (χ2v) is 8.19. The number of rotatable bonds is 5. The number of hydrogen-bond donors (Lipinski definition) is 1. The number of imidazole rings is 1. The monoisotopic (exact) mass is 403 g/mol. The first-order valence-corrected chi connectivity index (χ1v) is 10.8. The summed E-state index contributed by atoms with van der Waals surface area (Å²) in [5.41, 5.74) is 3.35. The molecule has 0 aliphatic rings. The van der Waals surface area contributed by atoms with E-state index in [-0.39, 0.29) is 5.91 Å². The maximum atomic E-state index is 13.0. The fourth-order valence-corrected chi connectivity index (χ4v) is 3.90. The zero-order valence-corrected chi connectivity index (χ0v) is 17.0. The number of nitrogens with zero attached hydrogens (tertiary/aromatic N) is 2. The largest absolute Gasteiger partial charge is 0.338 e. The summed E-state index contributed by atoms with van der Waals surface area (Å²) in [6.07, 6.45) is 1.62. The molecule has 0 saturated heterocycles. The Labute approximate surface area is 171 Å². The summed E-state index contributed by atoms with van der Waals surface area (Å²) >= 11 is 0. The minimum absolute atomic E-state index is 0.209. The lowest BCUT2D eigenvalue weighted by Crippen LogP contribution is -2.31. The zero-order chi connectivity index (χ0) is 20.4. The molecule has 4 rings (SSSR count). The second kappa shape index (κ2) is 8.01. The Morgan fingerprint density at radius 1 is 0.966 bits per heavy atom. The van der Waals surface area contributed by atoms with Gasteiger partial charge in [-0.15, -0.1) is 0 Å². The van der Waals surface area contributed by atoms with E-state index in [4.69, 9.17) is 4.98 Å². The van der Waals surface area contributed by atoms with Crippen LogP contribution in [-0.4, -0.2) is 25.9 Å². The maximum absolute atomic E-state index is 13.0. The van der Waals surface area contributed by atoms with Crippen LogP contribution in [0.1, 0.15) is 27.8 Å². The third-order valence-electron chi connectivity index (χ3n) is 4.94. The highest BCUT2D eigenvalue weighted by molar-refractivity contribution is 7.84. The summed E-state index contributed by atoms with van der Waals surface area (Å²) < 4.78 is 13.6. The number of para-hydroxylation sites is 2. The predicted octanol–water partition coefficient (Wildman–Crippen LogP) is 3.83. The number of fused-ring (bicyclic) bond motifs is 1. The first kappa shape index (κ1) is 19.1. The van der Waals surface area contributed by atoms with Gasteiger partial charge >= 0.3 is 0 Å². The van der Waals surface area contributed by atoms with E-state index in [1.807, 2.05) is 66.2 Å². The van der Waals surface area contributed by atoms with Crippen LogP contribution in [0.25, 0.3) is 11.0 Å². The molecular weight excluding hydrogens is 382 g/mol. The molecule has 0 aliphatic carbocycles. The average Bonchev–Trinajstić information content (AvgIpc) is 3.09. The van der Waals surface area contributed by atoms with Crippen molar-refractivity contribution in [2.75, 3.05) is 6.26 Å². The first-order valence-electron chi connectivity index (χ1n) is 9.25. The van der Waals surface area contributed by atoms with E-state index in [9.17, 15) is 9.00 Å². The summed E-state index contributed by atoms with van der Waals surface area (Å²) in [7, 11) is 0.879. The molecule has 29 heavy (non-hydrogen) atoms. The molecule has 5 nitrogen and oxygen atoms in total. The van der Waals surface area contributed by atoms with Gasteiger partial charge < -0.3 is 9.88 Å². The molecular formula is C23H21N3O2S. The Balaban J connectivity index is 1.72. The van der Waals surface area contributed by atoms with Gasteiger partial charge in [0.2, 0.25) is 0 Å². The average molecular weight is 404 g/mol. The minimum atomic E-state index is -1.08. The second-order valence-electron chi connectivity index (χ2n) is 6.81. The van der Waals surface area contributed by atoms with Gasteiger partial charge in [0.25, 0.3) is 5.91 Å². The van der Waals surface area contributed by atoms with Crippen molar-refractivity contribution in [1.82, 2.24) is 14.9 Å². The molecule has 2 unspecified atom stereocenters. The topological polar surface area (TPSA) is 64.0 Å². The molecule has 3 aromatic carbocycles. The molecule has 0 saturated carbocycles. The van der Waals surface area contributed by atoms with Crippen LogP contribution in [-0.2, 0) is 17.8 Å². The van der Waals surface area contributed by atoms with Gasteiger partial charge in [-0.2, -0.15) is 0 Å². The molecule has 0 aliphatic heterocycles. The van der Waals surface area contributed by atoms with Gasteiger partial charge in [-0.3, -0.25) is 9.00 Å². The van der Waals surface area contributed by atoms with Crippen LogP contribution < -0.4 is 5.32 Å². The maximum Gasteiger partial charge on any atom is 0.252 e. The van der Waals surface area contributed by atoms with Crippen LogP contribution >= 0.6 is 0 Å². The molecule has 2 atom stereocenters. The van der Waals surface area contributed by atoms with Crippen molar-refractivity contribution in [2.45, 2.75) is 10.9 Å². The Bertz CT molecular complexity index is 1180. The van der Waals surface area contributed by atoms with E-state index in [2.05, 4.69) is 5.32 Å². The zero-order valence-electron chi connectivity index (χ0n) is 16.2. The van der Waals surface area contributed by atoms with Crippen LogP contribution in [0.2, 0.25) is 0 Å². The van der Waals surface area contributed by atoms with Crippen LogP contribution in [0.15, 0.2) is 83.8 Å². The number of amides is 1. The van der Waals surface area contributed by atoms with Gasteiger partial charge in [0.15, 0.2) is 0 Å². The molecule has 1 N–H and O–H groups in total. The smallest absolute Gasteiger partial charge is 0.252 e.